The molecule has 1 atom stereocenters. The molecule has 1 unspecified atom stereocenters. The smallest absolute Gasteiger partial charge is 0.264 e. The summed E-state index contributed by atoms with van der Waals surface area (Å²) in [6.07, 6.45) is -2.24. The molecule has 0 amide bonds. The summed E-state index contributed by atoms with van der Waals surface area (Å²) < 4.78 is 63.8. The number of benzene rings is 1. The maximum absolute atomic E-state index is 13.4. The third kappa shape index (κ3) is 4.61. The highest BCUT2D eigenvalue weighted by Gasteiger charge is 2.43. The molecule has 0 saturated carbocycles. The highest BCUT2D eigenvalue weighted by Crippen LogP contribution is 2.37. The predicted molar refractivity (Wildman–Crippen MR) is 93.8 cm³/mol. The first-order valence-corrected chi connectivity index (χ1v) is 9.60. The van der Waals surface area contributed by atoms with E-state index in [0.717, 1.165) is 6.20 Å². The van der Waals surface area contributed by atoms with Crippen molar-refractivity contribution in [1.82, 2.24) is 4.98 Å². The molecule has 26 heavy (non-hydrogen) atoms. The molecule has 2 aromatic rings. The fraction of sp³-hybridized carbons (Fsp3) is 0.333. The predicted octanol–water partition coefficient (Wildman–Crippen LogP) is 4.69. The van der Waals surface area contributed by atoms with Crippen LogP contribution in [-0.2, 0) is 9.84 Å². The maximum atomic E-state index is 13.4. The lowest BCUT2D eigenvalue weighted by Crippen LogP contribution is -2.29. The summed E-state index contributed by atoms with van der Waals surface area (Å²) in [6, 6.07) is 6.22. The number of aryl methyl sites for hydroxylation is 1. The Hall–Kier alpha value is -2.40. The van der Waals surface area contributed by atoms with Gasteiger partial charge in [-0.25, -0.2) is 13.3 Å². The van der Waals surface area contributed by atoms with Crippen LogP contribution in [0.4, 0.5) is 18.9 Å². The molecule has 8 heteroatoms. The van der Waals surface area contributed by atoms with Crippen molar-refractivity contribution < 1.29 is 21.6 Å². The summed E-state index contributed by atoms with van der Waals surface area (Å²) >= 11 is 0. The van der Waals surface area contributed by atoms with E-state index in [0.29, 0.717) is 22.4 Å². The Labute approximate surface area is 150 Å². The molecule has 0 aliphatic rings. The molecule has 138 valence electrons. The SMILES string of the molecule is [C-]#[N+]c1ccc(-c2cncc(C(CS(=O)(=O)CC)C(F)(F)F)c2)cc1C. The van der Waals surface area contributed by atoms with E-state index in [1.807, 2.05) is 0 Å². The number of hydrogen-bond acceptors (Lipinski definition) is 3. The minimum Gasteiger partial charge on any atom is -0.264 e. The average Bonchev–Trinajstić information content (AvgIpc) is 2.59. The Morgan fingerprint density at radius 3 is 2.42 bits per heavy atom. The Balaban J connectivity index is 2.49. The zero-order valence-electron chi connectivity index (χ0n) is 14.2. The molecular formula is C18H17F3N2O2S. The molecule has 4 nitrogen and oxygen atoms in total. The van der Waals surface area contributed by atoms with Crippen LogP contribution in [0.2, 0.25) is 0 Å². The second kappa shape index (κ2) is 7.46. The summed E-state index contributed by atoms with van der Waals surface area (Å²) in [5, 5.41) is 0. The van der Waals surface area contributed by atoms with Crippen LogP contribution in [0.25, 0.3) is 16.0 Å². The van der Waals surface area contributed by atoms with E-state index in [4.69, 9.17) is 6.57 Å². The van der Waals surface area contributed by atoms with Crippen LogP contribution in [0.15, 0.2) is 36.7 Å². The molecule has 0 radical (unpaired) electrons. The van der Waals surface area contributed by atoms with Crippen LogP contribution in [-0.4, -0.2) is 31.1 Å². The number of pyridine rings is 1. The van der Waals surface area contributed by atoms with Crippen molar-refractivity contribution in [1.29, 1.82) is 0 Å². The molecule has 0 N–H and O–H groups in total. The number of nitrogens with zero attached hydrogens (tertiary/aromatic N) is 2. The minimum atomic E-state index is -4.70. The topological polar surface area (TPSA) is 51.4 Å². The van der Waals surface area contributed by atoms with E-state index in [2.05, 4.69) is 9.83 Å². The van der Waals surface area contributed by atoms with Crippen LogP contribution in [0.3, 0.4) is 0 Å². The Morgan fingerprint density at radius 1 is 1.19 bits per heavy atom. The average molecular weight is 382 g/mol. The van der Waals surface area contributed by atoms with Gasteiger partial charge >= 0.3 is 6.18 Å². The van der Waals surface area contributed by atoms with Crippen LogP contribution in [0, 0.1) is 13.5 Å². The first-order valence-electron chi connectivity index (χ1n) is 7.78. The molecule has 0 fully saturated rings. The second-order valence-electron chi connectivity index (χ2n) is 5.91. The Bertz CT molecular complexity index is 948. The largest absolute Gasteiger partial charge is 0.396 e. The summed E-state index contributed by atoms with van der Waals surface area (Å²) in [7, 11) is -3.82. The number of aromatic nitrogens is 1. The van der Waals surface area contributed by atoms with Gasteiger partial charge in [-0.3, -0.25) is 4.98 Å². The van der Waals surface area contributed by atoms with Crippen LogP contribution < -0.4 is 0 Å². The lowest BCUT2D eigenvalue weighted by molar-refractivity contribution is -0.145. The van der Waals surface area contributed by atoms with Gasteiger partial charge in [0.15, 0.2) is 15.5 Å². The summed E-state index contributed by atoms with van der Waals surface area (Å²) in [5.41, 5.74) is 2.01. The molecule has 0 aliphatic heterocycles. The highest BCUT2D eigenvalue weighted by atomic mass is 32.2. The third-order valence-corrected chi connectivity index (χ3v) is 5.79. The number of hydrogen-bond donors (Lipinski definition) is 0. The molecule has 0 spiro atoms. The molecule has 1 heterocycles. The monoisotopic (exact) mass is 382 g/mol. The Morgan fingerprint density at radius 2 is 1.88 bits per heavy atom. The van der Waals surface area contributed by atoms with Crippen molar-refractivity contribution in [2.45, 2.75) is 25.9 Å². The molecule has 1 aromatic heterocycles. The quantitative estimate of drug-likeness (QED) is 0.705. The van der Waals surface area contributed by atoms with Crippen molar-refractivity contribution in [2.24, 2.45) is 0 Å². The van der Waals surface area contributed by atoms with Gasteiger partial charge in [-0.2, -0.15) is 13.2 Å². The zero-order chi connectivity index (χ0) is 19.5. The van der Waals surface area contributed by atoms with Crippen LogP contribution in [0.5, 0.6) is 0 Å². The van der Waals surface area contributed by atoms with Crippen molar-refractivity contribution in [3.05, 3.63) is 59.2 Å². The van der Waals surface area contributed by atoms with E-state index in [1.165, 1.54) is 19.2 Å². The Kier molecular flexibility index (Phi) is 5.71. The van der Waals surface area contributed by atoms with Crippen LogP contribution in [0.1, 0.15) is 24.0 Å². The normalized spacial score (nSPS) is 13.2. The van der Waals surface area contributed by atoms with Gasteiger partial charge < -0.3 is 0 Å². The highest BCUT2D eigenvalue weighted by molar-refractivity contribution is 7.91. The summed E-state index contributed by atoms with van der Waals surface area (Å²) in [5.74, 6) is -3.50. The van der Waals surface area contributed by atoms with Crippen molar-refractivity contribution in [2.75, 3.05) is 11.5 Å². The summed E-state index contributed by atoms with van der Waals surface area (Å²) in [4.78, 5) is 7.22. The van der Waals surface area contributed by atoms with Gasteiger partial charge in [0, 0.05) is 23.7 Å². The number of sulfone groups is 1. The molecule has 0 aliphatic carbocycles. The maximum Gasteiger partial charge on any atom is 0.396 e. The van der Waals surface area contributed by atoms with Gasteiger partial charge in [0.25, 0.3) is 0 Å². The minimum absolute atomic E-state index is 0.195. The van der Waals surface area contributed by atoms with Gasteiger partial charge in [-0.05, 0) is 29.7 Å². The van der Waals surface area contributed by atoms with E-state index in [1.54, 1.807) is 25.1 Å². The molecule has 0 bridgehead atoms. The lowest BCUT2D eigenvalue weighted by atomic mass is 9.97. The lowest BCUT2D eigenvalue weighted by Gasteiger charge is -2.20. The summed E-state index contributed by atoms with van der Waals surface area (Å²) in [6.45, 7) is 10.1. The first kappa shape index (κ1) is 19.9. The first-order chi connectivity index (χ1) is 12.1. The number of alkyl halides is 3. The van der Waals surface area contributed by atoms with Crippen molar-refractivity contribution in [3.8, 4) is 11.1 Å². The van der Waals surface area contributed by atoms with E-state index in [-0.39, 0.29) is 11.3 Å². The van der Waals surface area contributed by atoms with Gasteiger partial charge in [0.1, 0.15) is 0 Å². The van der Waals surface area contributed by atoms with Crippen molar-refractivity contribution in [3.63, 3.8) is 0 Å². The van der Waals surface area contributed by atoms with E-state index in [9.17, 15) is 21.6 Å². The molecule has 1 aromatic carbocycles. The molecular weight excluding hydrogens is 365 g/mol. The fourth-order valence-electron chi connectivity index (χ4n) is 2.52. The molecule has 2 rings (SSSR count). The fourth-order valence-corrected chi connectivity index (χ4v) is 3.64. The number of halogens is 3. The van der Waals surface area contributed by atoms with Gasteiger partial charge in [-0.1, -0.05) is 25.1 Å². The second-order valence-corrected chi connectivity index (χ2v) is 8.31. The third-order valence-electron chi connectivity index (χ3n) is 4.07. The van der Waals surface area contributed by atoms with Gasteiger partial charge in [0.05, 0.1) is 18.2 Å². The van der Waals surface area contributed by atoms with E-state index < -0.39 is 27.7 Å². The van der Waals surface area contributed by atoms with Crippen molar-refractivity contribution >= 4 is 15.5 Å². The van der Waals surface area contributed by atoms with Gasteiger partial charge in [-0.15, -0.1) is 0 Å². The zero-order valence-corrected chi connectivity index (χ0v) is 15.0. The molecule has 0 saturated heterocycles. The van der Waals surface area contributed by atoms with E-state index >= 15 is 0 Å². The van der Waals surface area contributed by atoms with Crippen LogP contribution >= 0.6 is 0 Å². The van der Waals surface area contributed by atoms with Gasteiger partial charge in [0.2, 0.25) is 0 Å². The standard InChI is InChI=1S/C18H17F3N2O2S/c1-4-26(24,25)11-16(18(19,20)21)15-8-14(9-23-10-15)13-5-6-17(22-3)12(2)7-13/h5-10,16H,4,11H2,1-2H3. The number of rotatable bonds is 5.